The number of hydrogen-bond donors (Lipinski definition) is 0. The fourth-order valence-corrected chi connectivity index (χ4v) is 0.515. The van der Waals surface area contributed by atoms with Crippen molar-refractivity contribution in [2.24, 2.45) is 0 Å². The van der Waals surface area contributed by atoms with Crippen LogP contribution < -0.4 is 0 Å². The third kappa shape index (κ3) is 5.46. The summed E-state index contributed by atoms with van der Waals surface area (Å²) in [5, 5.41) is 0. The minimum Gasteiger partial charge on any atom is -0.462 e. The van der Waals surface area contributed by atoms with Crippen molar-refractivity contribution < 1.29 is 19.1 Å². The van der Waals surface area contributed by atoms with Gasteiger partial charge in [-0.05, 0) is 6.92 Å². The van der Waals surface area contributed by atoms with Crippen LogP contribution in [0, 0.1) is 0 Å². The number of carbonyl (C=O) groups excluding carboxylic acids is 2. The Labute approximate surface area is 71.2 Å². The summed E-state index contributed by atoms with van der Waals surface area (Å²) in [7, 11) is 0. The van der Waals surface area contributed by atoms with Crippen molar-refractivity contribution in [1.82, 2.24) is 0 Å². The van der Waals surface area contributed by atoms with E-state index in [0.29, 0.717) is 0 Å². The number of hydrogen-bond acceptors (Lipinski definition) is 4. The second-order valence-corrected chi connectivity index (χ2v) is 2.25. The number of rotatable bonds is 4. The second-order valence-electron chi connectivity index (χ2n) is 2.25. The molecule has 1 atom stereocenters. The molecule has 0 N–H and O–H groups in total. The average molecular weight is 172 g/mol. The van der Waals surface area contributed by atoms with Crippen LogP contribution >= 0.6 is 0 Å². The van der Waals surface area contributed by atoms with Crippen LogP contribution in [0.15, 0.2) is 12.7 Å². The Bertz CT molecular complexity index is 185. The van der Waals surface area contributed by atoms with E-state index in [-0.39, 0.29) is 6.61 Å². The molecule has 0 spiro atoms. The molecule has 0 aliphatic carbocycles. The molecule has 0 fully saturated rings. The summed E-state index contributed by atoms with van der Waals surface area (Å²) < 4.78 is 9.31. The molecule has 0 bridgehead atoms. The van der Waals surface area contributed by atoms with E-state index in [1.54, 1.807) is 6.92 Å². The van der Waals surface area contributed by atoms with Crippen molar-refractivity contribution in [1.29, 1.82) is 0 Å². The highest BCUT2D eigenvalue weighted by Gasteiger charge is 2.07. The van der Waals surface area contributed by atoms with Gasteiger partial charge in [0, 0.05) is 13.0 Å². The number of esters is 2. The van der Waals surface area contributed by atoms with Crippen molar-refractivity contribution in [2.45, 2.75) is 20.0 Å². The standard InChI is InChI=1S/C8H12O4/c1-4-8(10)12-6(2)5-11-7(3)9/h4,6H,1,5H2,2-3H3. The van der Waals surface area contributed by atoms with Crippen LogP contribution in [0.2, 0.25) is 0 Å². The van der Waals surface area contributed by atoms with Crippen LogP contribution in [0.3, 0.4) is 0 Å². The molecule has 4 nitrogen and oxygen atoms in total. The molecule has 0 rings (SSSR count). The normalized spacial score (nSPS) is 11.5. The van der Waals surface area contributed by atoms with Gasteiger partial charge in [-0.1, -0.05) is 6.58 Å². The Morgan fingerprint density at radius 2 is 2.17 bits per heavy atom. The first-order valence-electron chi connectivity index (χ1n) is 3.52. The lowest BCUT2D eigenvalue weighted by Crippen LogP contribution is -2.20. The zero-order valence-electron chi connectivity index (χ0n) is 7.20. The average Bonchev–Trinajstić information content (AvgIpc) is 2.00. The third-order valence-corrected chi connectivity index (χ3v) is 1.01. The molecule has 0 saturated heterocycles. The maximum Gasteiger partial charge on any atom is 0.330 e. The monoisotopic (exact) mass is 172 g/mol. The van der Waals surface area contributed by atoms with Gasteiger partial charge in [0.15, 0.2) is 0 Å². The van der Waals surface area contributed by atoms with Crippen molar-refractivity contribution in [3.63, 3.8) is 0 Å². The zero-order valence-corrected chi connectivity index (χ0v) is 7.20. The highest BCUT2D eigenvalue weighted by molar-refractivity contribution is 5.81. The van der Waals surface area contributed by atoms with Gasteiger partial charge < -0.3 is 9.47 Å². The Morgan fingerprint density at radius 3 is 2.58 bits per heavy atom. The summed E-state index contributed by atoms with van der Waals surface area (Å²) in [6.07, 6.45) is 0.629. The van der Waals surface area contributed by atoms with Crippen LogP contribution in [-0.2, 0) is 19.1 Å². The summed E-state index contributed by atoms with van der Waals surface area (Å²) in [4.78, 5) is 20.9. The van der Waals surface area contributed by atoms with Gasteiger partial charge in [0.2, 0.25) is 0 Å². The van der Waals surface area contributed by atoms with Crippen LogP contribution in [0.5, 0.6) is 0 Å². The summed E-state index contributed by atoms with van der Waals surface area (Å²) >= 11 is 0. The van der Waals surface area contributed by atoms with Gasteiger partial charge in [-0.3, -0.25) is 4.79 Å². The Morgan fingerprint density at radius 1 is 1.58 bits per heavy atom. The largest absolute Gasteiger partial charge is 0.462 e. The summed E-state index contributed by atoms with van der Waals surface area (Å²) in [5.41, 5.74) is 0. The van der Waals surface area contributed by atoms with Crippen LogP contribution in [0.1, 0.15) is 13.8 Å². The van der Waals surface area contributed by atoms with E-state index in [1.807, 2.05) is 0 Å². The first-order chi connectivity index (χ1) is 5.56. The summed E-state index contributed by atoms with van der Waals surface area (Å²) in [5.74, 6) is -0.911. The topological polar surface area (TPSA) is 52.6 Å². The first-order valence-corrected chi connectivity index (χ1v) is 3.52. The van der Waals surface area contributed by atoms with E-state index in [0.717, 1.165) is 6.08 Å². The Balaban J connectivity index is 3.59. The molecule has 0 heterocycles. The van der Waals surface area contributed by atoms with E-state index < -0.39 is 18.0 Å². The number of carbonyl (C=O) groups is 2. The Kier molecular flexibility index (Phi) is 4.76. The van der Waals surface area contributed by atoms with Crippen molar-refractivity contribution >= 4 is 11.9 Å². The number of ether oxygens (including phenoxy) is 2. The lowest BCUT2D eigenvalue weighted by molar-refractivity contribution is -0.153. The lowest BCUT2D eigenvalue weighted by atomic mass is 10.4. The maximum absolute atomic E-state index is 10.6. The molecule has 0 radical (unpaired) electrons. The van der Waals surface area contributed by atoms with Crippen molar-refractivity contribution in [3.05, 3.63) is 12.7 Å². The molecule has 0 aromatic carbocycles. The third-order valence-electron chi connectivity index (χ3n) is 1.01. The molecule has 68 valence electrons. The first kappa shape index (κ1) is 10.7. The molecular formula is C8H12O4. The maximum atomic E-state index is 10.6. The van der Waals surface area contributed by atoms with Crippen LogP contribution in [0.4, 0.5) is 0 Å². The van der Waals surface area contributed by atoms with Gasteiger partial charge in [-0.15, -0.1) is 0 Å². The molecule has 0 aliphatic rings. The molecule has 0 saturated carbocycles. The van der Waals surface area contributed by atoms with Gasteiger partial charge in [-0.25, -0.2) is 4.79 Å². The van der Waals surface area contributed by atoms with Crippen molar-refractivity contribution in [2.75, 3.05) is 6.61 Å². The van der Waals surface area contributed by atoms with Crippen LogP contribution in [-0.4, -0.2) is 24.6 Å². The fraction of sp³-hybridized carbons (Fsp3) is 0.500. The lowest BCUT2D eigenvalue weighted by Gasteiger charge is -2.10. The van der Waals surface area contributed by atoms with Gasteiger partial charge in [-0.2, -0.15) is 0 Å². The summed E-state index contributed by atoms with van der Waals surface area (Å²) in [6, 6.07) is 0. The minimum atomic E-state index is -0.519. The molecule has 0 aromatic heterocycles. The van der Waals surface area contributed by atoms with Gasteiger partial charge >= 0.3 is 11.9 Å². The zero-order chi connectivity index (χ0) is 9.56. The summed E-state index contributed by atoms with van der Waals surface area (Å²) in [6.45, 7) is 6.23. The van der Waals surface area contributed by atoms with Gasteiger partial charge in [0.05, 0.1) is 0 Å². The van der Waals surface area contributed by atoms with E-state index in [1.165, 1.54) is 6.92 Å². The molecule has 0 aliphatic heterocycles. The molecule has 4 heteroatoms. The van der Waals surface area contributed by atoms with E-state index >= 15 is 0 Å². The molecule has 0 aromatic rings. The van der Waals surface area contributed by atoms with Gasteiger partial charge in [0.1, 0.15) is 12.7 Å². The highest BCUT2D eigenvalue weighted by atomic mass is 16.6. The molecular weight excluding hydrogens is 160 g/mol. The van der Waals surface area contributed by atoms with Crippen molar-refractivity contribution in [3.8, 4) is 0 Å². The predicted molar refractivity (Wildman–Crippen MR) is 42.4 cm³/mol. The molecule has 0 amide bonds. The molecule has 1 unspecified atom stereocenters. The Hall–Kier alpha value is -1.32. The SMILES string of the molecule is C=CC(=O)OC(C)COC(C)=O. The second kappa shape index (κ2) is 5.35. The fourth-order valence-electron chi connectivity index (χ4n) is 0.515. The smallest absolute Gasteiger partial charge is 0.330 e. The van der Waals surface area contributed by atoms with E-state index in [2.05, 4.69) is 11.3 Å². The highest BCUT2D eigenvalue weighted by Crippen LogP contribution is 1.93. The van der Waals surface area contributed by atoms with E-state index in [9.17, 15) is 9.59 Å². The van der Waals surface area contributed by atoms with Crippen LogP contribution in [0.25, 0.3) is 0 Å². The predicted octanol–water partition coefficient (Wildman–Crippen LogP) is 0.667. The van der Waals surface area contributed by atoms with Gasteiger partial charge in [0.25, 0.3) is 0 Å². The van der Waals surface area contributed by atoms with E-state index in [4.69, 9.17) is 4.74 Å². The molecule has 12 heavy (non-hydrogen) atoms. The quantitative estimate of drug-likeness (QED) is 0.462. The minimum absolute atomic E-state index is 0.0783.